The largest absolute Gasteiger partial charge is 0.481 e. The highest BCUT2D eigenvalue weighted by Crippen LogP contribution is 2.25. The molecule has 14 heavy (non-hydrogen) atoms. The lowest BCUT2D eigenvalue weighted by Gasteiger charge is -2.10. The standard InChI is InChI=1S/C9H12F2N2O/c1-5-6(4-12)3-7(14-2)13-8(5)9(10)11/h3,9H,4,12H2,1-2H3. The van der Waals surface area contributed by atoms with Gasteiger partial charge in [0.2, 0.25) is 5.88 Å². The topological polar surface area (TPSA) is 48.1 Å². The Labute approximate surface area is 80.9 Å². The van der Waals surface area contributed by atoms with Crippen LogP contribution in [0.15, 0.2) is 6.07 Å². The molecular weight excluding hydrogens is 190 g/mol. The van der Waals surface area contributed by atoms with Crippen molar-refractivity contribution in [3.63, 3.8) is 0 Å². The number of pyridine rings is 1. The van der Waals surface area contributed by atoms with Crippen LogP contribution in [0.2, 0.25) is 0 Å². The second-order valence-corrected chi connectivity index (χ2v) is 2.84. The van der Waals surface area contributed by atoms with E-state index in [-0.39, 0.29) is 18.1 Å². The third-order valence-corrected chi connectivity index (χ3v) is 2.03. The van der Waals surface area contributed by atoms with Crippen LogP contribution in [0, 0.1) is 6.92 Å². The van der Waals surface area contributed by atoms with Gasteiger partial charge in [-0.25, -0.2) is 13.8 Å². The number of ether oxygens (including phenoxy) is 1. The summed E-state index contributed by atoms with van der Waals surface area (Å²) in [6.45, 7) is 1.78. The molecule has 0 atom stereocenters. The molecule has 0 aliphatic carbocycles. The van der Waals surface area contributed by atoms with Gasteiger partial charge >= 0.3 is 0 Å². The molecular formula is C9H12F2N2O. The van der Waals surface area contributed by atoms with E-state index in [9.17, 15) is 8.78 Å². The number of nitrogens with zero attached hydrogens (tertiary/aromatic N) is 1. The molecule has 0 spiro atoms. The predicted molar refractivity (Wildman–Crippen MR) is 48.4 cm³/mol. The normalized spacial score (nSPS) is 10.7. The molecule has 0 bridgehead atoms. The first-order chi connectivity index (χ1) is 6.60. The Kier molecular flexibility index (Phi) is 3.35. The van der Waals surface area contributed by atoms with E-state index in [0.29, 0.717) is 11.1 Å². The summed E-state index contributed by atoms with van der Waals surface area (Å²) < 4.78 is 29.8. The Balaban J connectivity index is 3.27. The third-order valence-electron chi connectivity index (χ3n) is 2.03. The van der Waals surface area contributed by atoms with Crippen LogP contribution in [0.4, 0.5) is 8.78 Å². The number of alkyl halides is 2. The first-order valence-corrected chi connectivity index (χ1v) is 4.12. The molecule has 0 aromatic carbocycles. The van der Waals surface area contributed by atoms with Crippen molar-refractivity contribution in [3.05, 3.63) is 22.9 Å². The van der Waals surface area contributed by atoms with Crippen LogP contribution in [0.1, 0.15) is 23.2 Å². The van der Waals surface area contributed by atoms with Gasteiger partial charge in [0.15, 0.2) is 0 Å². The van der Waals surface area contributed by atoms with E-state index >= 15 is 0 Å². The zero-order chi connectivity index (χ0) is 10.7. The Morgan fingerprint density at radius 3 is 2.64 bits per heavy atom. The summed E-state index contributed by atoms with van der Waals surface area (Å²) in [6, 6.07) is 1.57. The molecule has 5 heteroatoms. The third kappa shape index (κ3) is 1.98. The number of nitrogens with two attached hydrogens (primary N) is 1. The number of hydrogen-bond donors (Lipinski definition) is 1. The quantitative estimate of drug-likeness (QED) is 0.812. The molecule has 3 nitrogen and oxygen atoms in total. The van der Waals surface area contributed by atoms with Crippen molar-refractivity contribution in [3.8, 4) is 5.88 Å². The highest BCUT2D eigenvalue weighted by atomic mass is 19.3. The van der Waals surface area contributed by atoms with Crippen molar-refractivity contribution >= 4 is 0 Å². The van der Waals surface area contributed by atoms with Crippen LogP contribution in [0.25, 0.3) is 0 Å². The van der Waals surface area contributed by atoms with E-state index in [0.717, 1.165) is 0 Å². The molecule has 1 aromatic heterocycles. The summed E-state index contributed by atoms with van der Waals surface area (Å²) >= 11 is 0. The van der Waals surface area contributed by atoms with E-state index in [2.05, 4.69) is 4.98 Å². The lowest BCUT2D eigenvalue weighted by molar-refractivity contribution is 0.144. The first-order valence-electron chi connectivity index (χ1n) is 4.12. The predicted octanol–water partition coefficient (Wildman–Crippen LogP) is 1.79. The summed E-state index contributed by atoms with van der Waals surface area (Å²) in [5.41, 5.74) is 6.22. The van der Waals surface area contributed by atoms with Crippen molar-refractivity contribution in [2.45, 2.75) is 19.9 Å². The van der Waals surface area contributed by atoms with E-state index in [1.165, 1.54) is 7.11 Å². The highest BCUT2D eigenvalue weighted by Gasteiger charge is 2.16. The van der Waals surface area contributed by atoms with Gasteiger partial charge in [-0.3, -0.25) is 0 Å². The molecule has 0 saturated carbocycles. The van der Waals surface area contributed by atoms with Crippen molar-refractivity contribution in [1.82, 2.24) is 4.98 Å². The Morgan fingerprint density at radius 2 is 2.21 bits per heavy atom. The minimum atomic E-state index is -2.60. The zero-order valence-corrected chi connectivity index (χ0v) is 8.05. The van der Waals surface area contributed by atoms with E-state index in [1.807, 2.05) is 0 Å². The number of aromatic nitrogens is 1. The molecule has 0 aliphatic rings. The molecule has 0 amide bonds. The highest BCUT2D eigenvalue weighted by molar-refractivity contribution is 5.34. The van der Waals surface area contributed by atoms with E-state index in [1.54, 1.807) is 13.0 Å². The van der Waals surface area contributed by atoms with Crippen LogP contribution < -0.4 is 10.5 Å². The lowest BCUT2D eigenvalue weighted by Crippen LogP contribution is -2.06. The van der Waals surface area contributed by atoms with Gasteiger partial charge in [-0.1, -0.05) is 0 Å². The summed E-state index contributed by atoms with van der Waals surface area (Å²) in [6.07, 6.45) is -2.60. The molecule has 0 aliphatic heterocycles. The average molecular weight is 202 g/mol. The molecule has 0 radical (unpaired) electrons. The maximum absolute atomic E-state index is 12.5. The van der Waals surface area contributed by atoms with Crippen molar-refractivity contribution < 1.29 is 13.5 Å². The number of methoxy groups -OCH3 is 1. The fourth-order valence-electron chi connectivity index (χ4n) is 1.19. The number of hydrogen-bond acceptors (Lipinski definition) is 3. The second-order valence-electron chi connectivity index (χ2n) is 2.84. The molecule has 2 N–H and O–H groups in total. The van der Waals surface area contributed by atoms with Crippen LogP contribution in [0.5, 0.6) is 5.88 Å². The minimum Gasteiger partial charge on any atom is -0.481 e. The van der Waals surface area contributed by atoms with Gasteiger partial charge in [0.1, 0.15) is 5.69 Å². The Morgan fingerprint density at radius 1 is 1.57 bits per heavy atom. The maximum atomic E-state index is 12.5. The van der Waals surface area contributed by atoms with Crippen LogP contribution in [0.3, 0.4) is 0 Å². The van der Waals surface area contributed by atoms with Gasteiger partial charge in [0.05, 0.1) is 7.11 Å². The van der Waals surface area contributed by atoms with Crippen molar-refractivity contribution in [2.75, 3.05) is 7.11 Å². The summed E-state index contributed by atoms with van der Waals surface area (Å²) in [7, 11) is 1.38. The van der Waals surface area contributed by atoms with Crippen LogP contribution in [-0.4, -0.2) is 12.1 Å². The molecule has 1 aromatic rings. The van der Waals surface area contributed by atoms with Crippen molar-refractivity contribution in [2.24, 2.45) is 5.73 Å². The maximum Gasteiger partial charge on any atom is 0.280 e. The van der Waals surface area contributed by atoms with Gasteiger partial charge in [-0.2, -0.15) is 0 Å². The first kappa shape index (κ1) is 10.8. The fraction of sp³-hybridized carbons (Fsp3) is 0.444. The smallest absolute Gasteiger partial charge is 0.280 e. The average Bonchev–Trinajstić information content (AvgIpc) is 2.17. The molecule has 0 fully saturated rings. The minimum absolute atomic E-state index is 0.173. The van der Waals surface area contributed by atoms with E-state index < -0.39 is 6.43 Å². The molecule has 78 valence electrons. The second kappa shape index (κ2) is 4.32. The van der Waals surface area contributed by atoms with Gasteiger partial charge in [-0.05, 0) is 18.1 Å². The van der Waals surface area contributed by atoms with E-state index in [4.69, 9.17) is 10.5 Å². The van der Waals surface area contributed by atoms with Gasteiger partial charge in [0, 0.05) is 12.6 Å². The number of halogens is 2. The zero-order valence-electron chi connectivity index (χ0n) is 8.05. The molecule has 0 unspecified atom stereocenters. The molecule has 1 rings (SSSR count). The van der Waals surface area contributed by atoms with Crippen LogP contribution in [-0.2, 0) is 6.54 Å². The van der Waals surface area contributed by atoms with Gasteiger partial charge < -0.3 is 10.5 Å². The summed E-state index contributed by atoms with van der Waals surface area (Å²) in [5, 5.41) is 0. The van der Waals surface area contributed by atoms with Crippen LogP contribution >= 0.6 is 0 Å². The summed E-state index contributed by atoms with van der Waals surface area (Å²) in [4.78, 5) is 3.67. The fourth-order valence-corrected chi connectivity index (χ4v) is 1.19. The van der Waals surface area contributed by atoms with Gasteiger partial charge in [-0.15, -0.1) is 0 Å². The van der Waals surface area contributed by atoms with Gasteiger partial charge in [0.25, 0.3) is 6.43 Å². The SMILES string of the molecule is COc1cc(CN)c(C)c(C(F)F)n1. The number of rotatable bonds is 3. The van der Waals surface area contributed by atoms with Crippen molar-refractivity contribution in [1.29, 1.82) is 0 Å². The monoisotopic (exact) mass is 202 g/mol. The Hall–Kier alpha value is -1.23. The molecule has 0 saturated heterocycles. The summed E-state index contributed by atoms with van der Waals surface area (Å²) in [5.74, 6) is 0.173. The Bertz CT molecular complexity index is 329. The molecule has 1 heterocycles. The lowest BCUT2D eigenvalue weighted by atomic mass is 10.1.